The maximum absolute atomic E-state index is 11.6. The first-order chi connectivity index (χ1) is 14.1. The van der Waals surface area contributed by atoms with Crippen LogP contribution in [0.3, 0.4) is 0 Å². The van der Waals surface area contributed by atoms with Gasteiger partial charge in [-0.05, 0) is 43.6 Å². The third-order valence-electron chi connectivity index (χ3n) is 6.71. The molecule has 0 spiro atoms. The number of nitrogens with zero attached hydrogens (tertiary/aromatic N) is 3. The molecule has 2 heterocycles. The molecule has 4 N–H and O–H groups in total. The van der Waals surface area contributed by atoms with Crippen molar-refractivity contribution in [3.05, 3.63) is 23.9 Å². The zero-order valence-electron chi connectivity index (χ0n) is 18.3. The van der Waals surface area contributed by atoms with Gasteiger partial charge >= 0.3 is 0 Å². The van der Waals surface area contributed by atoms with Gasteiger partial charge in [0.05, 0.1) is 5.92 Å². The number of amides is 1. The zero-order chi connectivity index (χ0) is 20.7. The molecule has 168 valence electrons. The number of aliphatic imine (C=N–C) groups is 1. The van der Waals surface area contributed by atoms with E-state index in [0.29, 0.717) is 18.5 Å². The monoisotopic (exact) mass is 528 g/mol. The molecule has 8 heteroatoms. The average Bonchev–Trinajstić information content (AvgIpc) is 3.23. The number of primary amides is 1. The van der Waals surface area contributed by atoms with Gasteiger partial charge in [0.25, 0.3) is 0 Å². The van der Waals surface area contributed by atoms with E-state index in [1.807, 2.05) is 19.3 Å². The minimum Gasteiger partial charge on any atom is -0.369 e. The van der Waals surface area contributed by atoms with Crippen molar-refractivity contribution in [3.8, 4) is 0 Å². The Morgan fingerprint density at radius 3 is 2.77 bits per heavy atom. The standard InChI is InChI=1S/C22H36N6O.HI/c1-3-22(10-4-5-11-22)16-27-21(24-2)26-14-17-8-6-12-25-20(17)28-13-7-9-18(15-28)19(23)29;/h6,8,12,18H,3-5,7,9-11,13-16H2,1-2H3,(H2,23,29)(H2,24,26,27);1H. The van der Waals surface area contributed by atoms with Gasteiger partial charge in [-0.15, -0.1) is 24.0 Å². The summed E-state index contributed by atoms with van der Waals surface area (Å²) in [5, 5.41) is 6.98. The maximum atomic E-state index is 11.6. The van der Waals surface area contributed by atoms with Gasteiger partial charge in [-0.2, -0.15) is 0 Å². The number of nitrogens with two attached hydrogens (primary N) is 1. The lowest BCUT2D eigenvalue weighted by molar-refractivity contribution is -0.122. The van der Waals surface area contributed by atoms with Crippen LogP contribution in [0.4, 0.5) is 5.82 Å². The molecule has 1 atom stereocenters. The lowest BCUT2D eigenvalue weighted by Gasteiger charge is -2.33. The molecule has 0 radical (unpaired) electrons. The fraction of sp³-hybridized carbons (Fsp3) is 0.682. The fourth-order valence-electron chi connectivity index (χ4n) is 4.71. The highest BCUT2D eigenvalue weighted by atomic mass is 127. The molecule has 1 unspecified atom stereocenters. The molecule has 30 heavy (non-hydrogen) atoms. The predicted octanol–water partition coefficient (Wildman–Crippen LogP) is 3.04. The van der Waals surface area contributed by atoms with Crippen LogP contribution in [0.5, 0.6) is 0 Å². The van der Waals surface area contributed by atoms with Crippen LogP contribution in [0.2, 0.25) is 0 Å². The molecule has 1 aliphatic carbocycles. The van der Waals surface area contributed by atoms with Crippen LogP contribution in [-0.4, -0.2) is 43.5 Å². The van der Waals surface area contributed by atoms with Gasteiger partial charge in [-0.3, -0.25) is 9.79 Å². The van der Waals surface area contributed by atoms with Crippen LogP contribution in [0, 0.1) is 11.3 Å². The Balaban J connectivity index is 0.00000320. The number of rotatable bonds is 7. The highest BCUT2D eigenvalue weighted by Gasteiger charge is 2.32. The van der Waals surface area contributed by atoms with Crippen LogP contribution >= 0.6 is 24.0 Å². The summed E-state index contributed by atoms with van der Waals surface area (Å²) in [6.07, 6.45) is 10.1. The molecule has 2 fully saturated rings. The highest BCUT2D eigenvalue weighted by Crippen LogP contribution is 2.40. The van der Waals surface area contributed by atoms with E-state index in [1.165, 1.54) is 32.1 Å². The highest BCUT2D eigenvalue weighted by molar-refractivity contribution is 14.0. The van der Waals surface area contributed by atoms with Crippen molar-refractivity contribution in [2.24, 2.45) is 22.1 Å². The summed E-state index contributed by atoms with van der Waals surface area (Å²) in [6, 6.07) is 4.04. The summed E-state index contributed by atoms with van der Waals surface area (Å²) in [6.45, 7) is 5.45. The van der Waals surface area contributed by atoms with Gasteiger partial charge in [0.1, 0.15) is 5.82 Å². The fourth-order valence-corrected chi connectivity index (χ4v) is 4.71. The number of piperidine rings is 1. The van der Waals surface area contributed by atoms with E-state index < -0.39 is 0 Å². The summed E-state index contributed by atoms with van der Waals surface area (Å²) in [5.74, 6) is 1.44. The Bertz CT molecular complexity index is 719. The van der Waals surface area contributed by atoms with Crippen molar-refractivity contribution in [2.75, 3.05) is 31.6 Å². The summed E-state index contributed by atoms with van der Waals surface area (Å²) in [4.78, 5) is 22.8. The summed E-state index contributed by atoms with van der Waals surface area (Å²) in [5.41, 5.74) is 7.06. The molecule has 7 nitrogen and oxygen atoms in total. The van der Waals surface area contributed by atoms with Crippen molar-refractivity contribution >= 4 is 41.7 Å². The van der Waals surface area contributed by atoms with Gasteiger partial charge in [-0.1, -0.05) is 25.8 Å². The molecule has 1 aliphatic heterocycles. The molecule has 0 bridgehead atoms. The summed E-state index contributed by atoms with van der Waals surface area (Å²) >= 11 is 0. The van der Waals surface area contributed by atoms with E-state index in [2.05, 4.69) is 38.5 Å². The minimum absolute atomic E-state index is 0. The molecule has 3 rings (SSSR count). The average molecular weight is 528 g/mol. The molecular formula is C22H37IN6O. The second kappa shape index (κ2) is 11.7. The topological polar surface area (TPSA) is 95.6 Å². The SMILES string of the molecule is CCC1(CNC(=NC)NCc2cccnc2N2CCCC(C(N)=O)C2)CCCC1.I. The Morgan fingerprint density at radius 2 is 2.10 bits per heavy atom. The van der Waals surface area contributed by atoms with Crippen molar-refractivity contribution < 1.29 is 4.79 Å². The summed E-state index contributed by atoms with van der Waals surface area (Å²) < 4.78 is 0. The first-order valence-corrected chi connectivity index (χ1v) is 11.0. The van der Waals surface area contributed by atoms with Crippen molar-refractivity contribution in [1.29, 1.82) is 0 Å². The number of anilines is 1. The van der Waals surface area contributed by atoms with E-state index in [0.717, 1.165) is 43.3 Å². The van der Waals surface area contributed by atoms with Crippen molar-refractivity contribution in [3.63, 3.8) is 0 Å². The number of carbonyl (C=O) groups is 1. The van der Waals surface area contributed by atoms with Gasteiger partial charge < -0.3 is 21.3 Å². The smallest absolute Gasteiger partial charge is 0.222 e. The lowest BCUT2D eigenvalue weighted by atomic mass is 9.83. The van der Waals surface area contributed by atoms with Gasteiger partial charge in [-0.25, -0.2) is 4.98 Å². The van der Waals surface area contributed by atoms with Crippen LogP contribution < -0.4 is 21.3 Å². The number of pyridine rings is 1. The van der Waals surface area contributed by atoms with E-state index in [4.69, 9.17) is 5.73 Å². The zero-order valence-corrected chi connectivity index (χ0v) is 20.7. The Morgan fingerprint density at radius 1 is 1.33 bits per heavy atom. The van der Waals surface area contributed by atoms with Crippen LogP contribution in [0.15, 0.2) is 23.3 Å². The van der Waals surface area contributed by atoms with Gasteiger partial charge in [0, 0.05) is 45.0 Å². The number of guanidine groups is 1. The normalized spacial score (nSPS) is 21.1. The predicted molar refractivity (Wildman–Crippen MR) is 133 cm³/mol. The van der Waals surface area contributed by atoms with Crippen LogP contribution in [0.25, 0.3) is 0 Å². The van der Waals surface area contributed by atoms with Crippen LogP contribution in [0.1, 0.15) is 57.4 Å². The third kappa shape index (κ3) is 6.21. The first-order valence-electron chi connectivity index (χ1n) is 11.0. The maximum Gasteiger partial charge on any atom is 0.222 e. The molecule has 1 aromatic rings. The van der Waals surface area contributed by atoms with E-state index in [9.17, 15) is 4.79 Å². The molecular weight excluding hydrogens is 491 g/mol. The van der Waals surface area contributed by atoms with E-state index >= 15 is 0 Å². The number of nitrogens with one attached hydrogen (secondary N) is 2. The third-order valence-corrected chi connectivity index (χ3v) is 6.71. The van der Waals surface area contributed by atoms with Gasteiger partial charge in [0.15, 0.2) is 5.96 Å². The number of hydrogen-bond acceptors (Lipinski definition) is 4. The summed E-state index contributed by atoms with van der Waals surface area (Å²) in [7, 11) is 1.81. The van der Waals surface area contributed by atoms with Crippen LogP contribution in [-0.2, 0) is 11.3 Å². The first kappa shape index (κ1) is 24.7. The molecule has 1 amide bonds. The Labute approximate surface area is 197 Å². The largest absolute Gasteiger partial charge is 0.369 e. The molecule has 1 aromatic heterocycles. The number of carbonyl (C=O) groups excluding carboxylic acids is 1. The minimum atomic E-state index is -0.216. The second-order valence-corrected chi connectivity index (χ2v) is 8.51. The van der Waals surface area contributed by atoms with E-state index in [1.54, 1.807) is 0 Å². The second-order valence-electron chi connectivity index (χ2n) is 8.51. The van der Waals surface area contributed by atoms with Crippen molar-refractivity contribution in [1.82, 2.24) is 15.6 Å². The Hall–Kier alpha value is -1.58. The number of halogens is 1. The van der Waals surface area contributed by atoms with Gasteiger partial charge in [0.2, 0.25) is 5.91 Å². The number of hydrogen-bond donors (Lipinski definition) is 3. The van der Waals surface area contributed by atoms with E-state index in [-0.39, 0.29) is 35.8 Å². The Kier molecular flexibility index (Phi) is 9.64. The molecule has 1 saturated heterocycles. The number of aromatic nitrogens is 1. The molecule has 1 saturated carbocycles. The van der Waals surface area contributed by atoms with Crippen molar-refractivity contribution in [2.45, 2.75) is 58.4 Å². The molecule has 2 aliphatic rings. The lowest BCUT2D eigenvalue weighted by Crippen LogP contribution is -2.43. The molecule has 0 aromatic carbocycles. The quantitative estimate of drug-likeness (QED) is 0.287.